The number of nitrogens with zero attached hydrogens (tertiary/aromatic N) is 2. The van der Waals surface area contributed by atoms with Gasteiger partial charge in [0.1, 0.15) is 11.0 Å². The first kappa shape index (κ1) is 24.3. The van der Waals surface area contributed by atoms with Crippen molar-refractivity contribution in [2.45, 2.75) is 36.5 Å². The van der Waals surface area contributed by atoms with Crippen LogP contribution in [-0.2, 0) is 21.9 Å². The molecule has 3 unspecified atom stereocenters. The topological polar surface area (TPSA) is 53.3 Å². The molecule has 0 spiro atoms. The highest BCUT2D eigenvalue weighted by Gasteiger charge is 2.57. The zero-order chi connectivity index (χ0) is 22.4. The fourth-order valence-corrected chi connectivity index (χ4v) is 5.83. The van der Waals surface area contributed by atoms with E-state index in [2.05, 4.69) is 38.9 Å². The molecule has 0 aliphatic carbocycles. The van der Waals surface area contributed by atoms with Crippen LogP contribution in [0.3, 0.4) is 0 Å². The van der Waals surface area contributed by atoms with E-state index in [0.717, 1.165) is 25.0 Å². The quantitative estimate of drug-likeness (QED) is 0.509. The lowest BCUT2D eigenvalue weighted by Crippen LogP contribution is -2.31. The highest BCUT2D eigenvalue weighted by molar-refractivity contribution is 7.87. The van der Waals surface area contributed by atoms with Crippen molar-refractivity contribution in [3.63, 3.8) is 0 Å². The molecule has 3 fully saturated rings. The summed E-state index contributed by atoms with van der Waals surface area (Å²) in [5, 5.41) is 8.73. The number of hydrogen-bond donors (Lipinski definition) is 0. The Morgan fingerprint density at radius 3 is 2.28 bits per heavy atom. The minimum absolute atomic E-state index is 0.0451. The van der Waals surface area contributed by atoms with Gasteiger partial charge in [-0.25, -0.2) is 4.21 Å². The highest BCUT2D eigenvalue weighted by Crippen LogP contribution is 2.47. The van der Waals surface area contributed by atoms with Gasteiger partial charge in [-0.05, 0) is 31.0 Å². The predicted octanol–water partition coefficient (Wildman–Crippen LogP) is 3.91. The van der Waals surface area contributed by atoms with E-state index in [9.17, 15) is 17.4 Å². The van der Waals surface area contributed by atoms with E-state index >= 15 is 0 Å². The van der Waals surface area contributed by atoms with Gasteiger partial charge in [-0.1, -0.05) is 0 Å². The van der Waals surface area contributed by atoms with E-state index in [-0.39, 0.29) is 29.1 Å². The minimum atomic E-state index is -4.61. The molecule has 0 saturated carbocycles. The fourth-order valence-electron chi connectivity index (χ4n) is 3.87. The Morgan fingerprint density at radius 1 is 1.17 bits per heavy atom. The zero-order valence-electron chi connectivity index (χ0n) is 15.6. The summed E-state index contributed by atoms with van der Waals surface area (Å²) in [5.74, 6) is 0.111. The molecule has 29 heavy (non-hydrogen) atoms. The van der Waals surface area contributed by atoms with Crippen molar-refractivity contribution < 1.29 is 22.1 Å². The molecule has 8 heteroatoms. The number of ether oxygens (including phenoxy) is 1. The average Bonchev–Trinajstić information content (AvgIpc) is 3.45. The summed E-state index contributed by atoms with van der Waals surface area (Å²) in [5.41, 5.74) is -1.15. The fraction of sp³-hybridized carbons (Fsp3) is 0.381. The second kappa shape index (κ2) is 10.2. The molecular weight excluding hydrogens is 401 g/mol. The van der Waals surface area contributed by atoms with Gasteiger partial charge in [0.25, 0.3) is 0 Å². The summed E-state index contributed by atoms with van der Waals surface area (Å²) in [4.78, 5) is 0. The molecule has 4 rings (SSSR count). The van der Waals surface area contributed by atoms with Crippen LogP contribution in [0.15, 0.2) is 31.4 Å². The number of fused-ring (bicyclic) bond motifs is 5. The number of halogens is 3. The van der Waals surface area contributed by atoms with Gasteiger partial charge in [-0.2, -0.15) is 18.4 Å². The minimum Gasteiger partial charge on any atom is -0.373 e. The molecule has 0 aromatic heterocycles. The molecule has 154 valence electrons. The SMILES string of the molecule is C#C.C#C.C=C.N#Cc1ccc(N2CC3C([C@@H]4CC[C@H]3O4)S2=O)cc1C(F)(F)F. The van der Waals surface area contributed by atoms with Crippen LogP contribution >= 0.6 is 0 Å². The maximum absolute atomic E-state index is 13.1. The molecule has 0 amide bonds. The third kappa shape index (κ3) is 4.48. The van der Waals surface area contributed by atoms with E-state index in [1.54, 1.807) is 6.07 Å². The van der Waals surface area contributed by atoms with Gasteiger partial charge < -0.3 is 4.74 Å². The van der Waals surface area contributed by atoms with Crippen LogP contribution in [0.1, 0.15) is 24.0 Å². The van der Waals surface area contributed by atoms with Gasteiger partial charge in [0, 0.05) is 18.2 Å². The molecule has 0 N–H and O–H groups in total. The third-order valence-electron chi connectivity index (χ3n) is 4.89. The van der Waals surface area contributed by atoms with Gasteiger partial charge in [-0.3, -0.25) is 4.31 Å². The predicted molar refractivity (Wildman–Crippen MR) is 108 cm³/mol. The van der Waals surface area contributed by atoms with Gasteiger partial charge in [0.2, 0.25) is 0 Å². The van der Waals surface area contributed by atoms with Crippen LogP contribution < -0.4 is 4.31 Å². The van der Waals surface area contributed by atoms with Crippen LogP contribution in [0.5, 0.6) is 0 Å². The van der Waals surface area contributed by atoms with Crippen LogP contribution in [0.4, 0.5) is 18.9 Å². The molecule has 2 bridgehead atoms. The normalized spacial score (nSPS) is 28.3. The summed E-state index contributed by atoms with van der Waals surface area (Å²) in [6.07, 6.45) is 13.2. The first-order chi connectivity index (χ1) is 13.9. The van der Waals surface area contributed by atoms with Crippen molar-refractivity contribution in [1.82, 2.24) is 0 Å². The number of nitriles is 1. The number of anilines is 1. The maximum atomic E-state index is 13.1. The largest absolute Gasteiger partial charge is 0.417 e. The number of terminal acetylenes is 2. The summed E-state index contributed by atoms with van der Waals surface area (Å²) < 4.78 is 59.3. The highest BCUT2D eigenvalue weighted by atomic mass is 32.2. The molecule has 4 nitrogen and oxygen atoms in total. The Balaban J connectivity index is 0.000000644. The van der Waals surface area contributed by atoms with Crippen molar-refractivity contribution in [3.8, 4) is 31.8 Å². The number of alkyl halides is 3. The summed E-state index contributed by atoms with van der Waals surface area (Å²) in [6.45, 7) is 6.43. The van der Waals surface area contributed by atoms with Crippen LogP contribution in [0, 0.1) is 42.9 Å². The Bertz CT molecular complexity index is 823. The summed E-state index contributed by atoms with van der Waals surface area (Å²) in [6, 6.07) is 5.08. The lowest BCUT2D eigenvalue weighted by molar-refractivity contribution is -0.137. The lowest BCUT2D eigenvalue weighted by Gasteiger charge is -2.21. The second-order valence-electron chi connectivity index (χ2n) is 6.10. The van der Waals surface area contributed by atoms with Crippen LogP contribution in [-0.4, -0.2) is 28.2 Å². The Labute approximate surface area is 171 Å². The van der Waals surface area contributed by atoms with Crippen molar-refractivity contribution in [2.75, 3.05) is 10.8 Å². The molecule has 3 aliphatic heterocycles. The average molecular weight is 422 g/mol. The molecule has 1 aromatic rings. The second-order valence-corrected chi connectivity index (χ2v) is 7.63. The number of hydrogen-bond acceptors (Lipinski definition) is 3. The first-order valence-corrected chi connectivity index (χ1v) is 9.69. The van der Waals surface area contributed by atoms with E-state index < -0.39 is 28.3 Å². The molecule has 5 atom stereocenters. The Morgan fingerprint density at radius 2 is 1.76 bits per heavy atom. The van der Waals surface area contributed by atoms with Crippen LogP contribution in [0.25, 0.3) is 0 Å². The standard InChI is InChI=1S/C15H13F3N2O2S.C2H4.2C2H2/c16-15(17,18)11-5-9(2-1-8(11)6-19)20-7-10-12-3-4-13(22-12)14(10)23(20)21;3*1-2/h1-2,5,10,12-14H,3-4,7H2;1-2H2;2*1-2H/t10?,12-,13+,14?,23?;;;/m1.../s1. The van der Waals surface area contributed by atoms with E-state index in [1.807, 2.05) is 0 Å². The van der Waals surface area contributed by atoms with Crippen molar-refractivity contribution in [2.24, 2.45) is 5.92 Å². The van der Waals surface area contributed by atoms with E-state index in [0.29, 0.717) is 6.54 Å². The van der Waals surface area contributed by atoms with Crippen molar-refractivity contribution in [3.05, 3.63) is 42.5 Å². The number of rotatable bonds is 1. The molecule has 1 aromatic carbocycles. The first-order valence-electron chi connectivity index (χ1n) is 8.52. The molecular formula is C21H21F3N2O2S. The Kier molecular flexibility index (Phi) is 8.52. The Hall–Kier alpha value is -2.73. The van der Waals surface area contributed by atoms with Gasteiger partial charge in [-0.15, -0.1) is 38.9 Å². The summed E-state index contributed by atoms with van der Waals surface area (Å²) >= 11 is 0. The zero-order valence-corrected chi connectivity index (χ0v) is 16.5. The smallest absolute Gasteiger partial charge is 0.373 e. The molecule has 3 aliphatic rings. The van der Waals surface area contributed by atoms with Crippen LogP contribution in [0.2, 0.25) is 0 Å². The molecule has 3 saturated heterocycles. The molecule has 0 radical (unpaired) electrons. The van der Waals surface area contributed by atoms with E-state index in [1.165, 1.54) is 10.4 Å². The number of benzene rings is 1. The maximum Gasteiger partial charge on any atom is 0.417 e. The monoisotopic (exact) mass is 422 g/mol. The van der Waals surface area contributed by atoms with Gasteiger partial charge in [0.05, 0.1) is 34.7 Å². The third-order valence-corrected chi connectivity index (χ3v) is 6.81. The summed E-state index contributed by atoms with van der Waals surface area (Å²) in [7, 11) is -1.40. The van der Waals surface area contributed by atoms with Crippen molar-refractivity contribution >= 4 is 16.7 Å². The van der Waals surface area contributed by atoms with Crippen molar-refractivity contribution in [1.29, 1.82) is 5.26 Å². The molecule has 3 heterocycles. The van der Waals surface area contributed by atoms with Gasteiger partial charge >= 0.3 is 6.18 Å². The van der Waals surface area contributed by atoms with E-state index in [4.69, 9.17) is 10.00 Å². The van der Waals surface area contributed by atoms with Gasteiger partial charge in [0.15, 0.2) is 0 Å². The lowest BCUT2D eigenvalue weighted by atomic mass is 9.89.